The average Bonchev–Trinajstić information content (AvgIpc) is 2.40. The van der Waals surface area contributed by atoms with Crippen LogP contribution in [0.3, 0.4) is 0 Å². The van der Waals surface area contributed by atoms with E-state index in [1.54, 1.807) is 30.0 Å². The Bertz CT molecular complexity index is 478. The number of aryl methyl sites for hydroxylation is 1. The molecule has 1 saturated heterocycles. The van der Waals surface area contributed by atoms with Gasteiger partial charge in [-0.25, -0.2) is 0 Å². The number of phenolic OH excluding ortho intramolecular Hbond substituents is 1. The lowest BCUT2D eigenvalue weighted by molar-refractivity contribution is -0.0571. The van der Waals surface area contributed by atoms with Gasteiger partial charge in [-0.1, -0.05) is 12.1 Å². The quantitative estimate of drug-likeness (QED) is 0.846. The van der Waals surface area contributed by atoms with E-state index >= 15 is 0 Å². The largest absolute Gasteiger partial charge is 0.507 e. The number of aromatic hydroxyl groups is 1. The third-order valence-electron chi connectivity index (χ3n) is 3.25. The minimum atomic E-state index is -0.175. The highest BCUT2D eigenvalue weighted by atomic mass is 35.5. The van der Waals surface area contributed by atoms with Gasteiger partial charge in [0.15, 0.2) is 0 Å². The first kappa shape index (κ1) is 14.2. The van der Waals surface area contributed by atoms with Crippen molar-refractivity contribution in [3.05, 3.63) is 29.3 Å². The molecule has 0 bridgehead atoms. The summed E-state index contributed by atoms with van der Waals surface area (Å²) >= 11 is 5.81. The molecule has 0 saturated carbocycles. The smallest absolute Gasteiger partial charge is 0.257 e. The van der Waals surface area contributed by atoms with E-state index < -0.39 is 0 Å². The maximum Gasteiger partial charge on any atom is 0.257 e. The van der Waals surface area contributed by atoms with E-state index in [0.29, 0.717) is 30.1 Å². The molecule has 2 rings (SSSR count). The summed E-state index contributed by atoms with van der Waals surface area (Å²) in [7, 11) is 0. The van der Waals surface area contributed by atoms with Crippen molar-refractivity contribution in [3.8, 4) is 5.75 Å². The fraction of sp³-hybridized carbons (Fsp3) is 0.500. The Kier molecular flexibility index (Phi) is 4.32. The summed E-state index contributed by atoms with van der Waals surface area (Å²) in [5, 5.41) is 9.98. The molecule has 0 radical (unpaired) electrons. The van der Waals surface area contributed by atoms with E-state index in [-0.39, 0.29) is 23.9 Å². The second-order valence-corrected chi connectivity index (χ2v) is 5.21. The van der Waals surface area contributed by atoms with E-state index in [1.807, 2.05) is 6.92 Å². The number of rotatable bonds is 2. The van der Waals surface area contributed by atoms with Gasteiger partial charge >= 0.3 is 0 Å². The van der Waals surface area contributed by atoms with Gasteiger partial charge in [0.1, 0.15) is 5.75 Å². The van der Waals surface area contributed by atoms with Crippen LogP contribution in [0.15, 0.2) is 18.2 Å². The Morgan fingerprint density at radius 2 is 2.26 bits per heavy atom. The molecular weight excluding hydrogens is 266 g/mol. The zero-order valence-corrected chi connectivity index (χ0v) is 11.9. The molecule has 4 nitrogen and oxygen atoms in total. The molecule has 19 heavy (non-hydrogen) atoms. The Morgan fingerprint density at radius 3 is 2.95 bits per heavy atom. The molecule has 104 valence electrons. The number of nitrogens with zero attached hydrogens (tertiary/aromatic N) is 1. The minimum Gasteiger partial charge on any atom is -0.507 e. The summed E-state index contributed by atoms with van der Waals surface area (Å²) in [5.41, 5.74) is 1.03. The molecule has 1 amide bonds. The molecule has 0 aliphatic carbocycles. The van der Waals surface area contributed by atoms with Crippen molar-refractivity contribution in [2.75, 3.05) is 19.0 Å². The van der Waals surface area contributed by atoms with E-state index in [4.69, 9.17) is 16.3 Å². The summed E-state index contributed by atoms with van der Waals surface area (Å²) in [5.74, 6) is 0.231. The summed E-state index contributed by atoms with van der Waals surface area (Å²) < 4.78 is 5.62. The number of benzene rings is 1. The molecule has 1 aromatic carbocycles. The minimum absolute atomic E-state index is 0.0478. The number of phenols is 1. The number of halogens is 1. The third kappa shape index (κ3) is 3.01. The summed E-state index contributed by atoms with van der Waals surface area (Å²) in [4.78, 5) is 14.1. The van der Waals surface area contributed by atoms with Crippen LogP contribution >= 0.6 is 11.6 Å². The van der Waals surface area contributed by atoms with Gasteiger partial charge < -0.3 is 14.7 Å². The highest BCUT2D eigenvalue weighted by molar-refractivity contribution is 6.18. The second-order valence-electron chi connectivity index (χ2n) is 4.90. The highest BCUT2D eigenvalue weighted by Gasteiger charge is 2.29. The van der Waals surface area contributed by atoms with E-state index in [2.05, 4.69) is 0 Å². The van der Waals surface area contributed by atoms with Crippen LogP contribution in [-0.2, 0) is 4.74 Å². The molecule has 1 fully saturated rings. The van der Waals surface area contributed by atoms with Gasteiger partial charge in [-0.05, 0) is 25.5 Å². The monoisotopic (exact) mass is 283 g/mol. The summed E-state index contributed by atoms with van der Waals surface area (Å²) in [6.07, 6.45) is -0.199. The van der Waals surface area contributed by atoms with Crippen molar-refractivity contribution in [3.63, 3.8) is 0 Å². The predicted octanol–water partition coefficient (Wildman–Crippen LogP) is 2.17. The highest BCUT2D eigenvalue weighted by Crippen LogP contribution is 2.24. The lowest BCUT2D eigenvalue weighted by Gasteiger charge is -2.36. The van der Waals surface area contributed by atoms with Crippen molar-refractivity contribution in [2.45, 2.75) is 26.1 Å². The zero-order chi connectivity index (χ0) is 14.0. The number of ether oxygens (including phenoxy) is 1. The lowest BCUT2D eigenvalue weighted by atomic mass is 10.1. The number of hydrogen-bond acceptors (Lipinski definition) is 3. The lowest BCUT2D eigenvalue weighted by Crippen LogP contribution is -2.49. The van der Waals surface area contributed by atoms with Crippen molar-refractivity contribution in [1.82, 2.24) is 4.90 Å². The van der Waals surface area contributed by atoms with Gasteiger partial charge in [0.2, 0.25) is 0 Å². The van der Waals surface area contributed by atoms with Gasteiger partial charge in [-0.15, -0.1) is 11.6 Å². The number of alkyl halides is 1. The Balaban J connectivity index is 2.21. The number of amides is 1. The Morgan fingerprint density at radius 1 is 1.53 bits per heavy atom. The molecule has 1 aliphatic heterocycles. The molecule has 2 unspecified atom stereocenters. The molecule has 1 aromatic rings. The first-order chi connectivity index (χ1) is 9.02. The fourth-order valence-electron chi connectivity index (χ4n) is 2.30. The van der Waals surface area contributed by atoms with Crippen molar-refractivity contribution >= 4 is 17.5 Å². The van der Waals surface area contributed by atoms with Gasteiger partial charge in [0.05, 0.1) is 23.7 Å². The number of carbonyl (C=O) groups is 1. The van der Waals surface area contributed by atoms with Crippen molar-refractivity contribution in [2.24, 2.45) is 0 Å². The van der Waals surface area contributed by atoms with Crippen LogP contribution in [0.5, 0.6) is 5.75 Å². The molecule has 1 N–H and O–H groups in total. The van der Waals surface area contributed by atoms with Crippen molar-refractivity contribution < 1.29 is 14.6 Å². The van der Waals surface area contributed by atoms with Crippen LogP contribution in [0.2, 0.25) is 0 Å². The van der Waals surface area contributed by atoms with Crippen LogP contribution in [-0.4, -0.2) is 47.1 Å². The van der Waals surface area contributed by atoms with Crippen LogP contribution in [0.4, 0.5) is 0 Å². The zero-order valence-electron chi connectivity index (χ0n) is 11.1. The molecule has 5 heteroatoms. The van der Waals surface area contributed by atoms with Crippen LogP contribution in [0.25, 0.3) is 0 Å². The van der Waals surface area contributed by atoms with Crippen LogP contribution in [0, 0.1) is 6.92 Å². The normalized spacial score (nSPS) is 23.4. The van der Waals surface area contributed by atoms with Crippen molar-refractivity contribution in [1.29, 1.82) is 0 Å². The molecule has 0 spiro atoms. The topological polar surface area (TPSA) is 49.8 Å². The predicted molar refractivity (Wildman–Crippen MR) is 73.8 cm³/mol. The molecule has 2 atom stereocenters. The standard InChI is InChI=1S/C14H18ClNO3/c1-9-4-3-5-12(13(9)17)14(18)16-7-10(2)19-11(6-15)8-16/h3-5,10-11,17H,6-8H2,1-2H3. The summed E-state index contributed by atoms with van der Waals surface area (Å²) in [6, 6.07) is 5.18. The maximum atomic E-state index is 12.4. The molecule has 0 aromatic heterocycles. The Labute approximate surface area is 117 Å². The number of para-hydroxylation sites is 1. The molecule has 1 heterocycles. The fourth-order valence-corrected chi connectivity index (χ4v) is 2.47. The van der Waals surface area contributed by atoms with Gasteiger partial charge in [-0.3, -0.25) is 4.79 Å². The second kappa shape index (κ2) is 5.80. The first-order valence-electron chi connectivity index (χ1n) is 6.32. The first-order valence-corrected chi connectivity index (χ1v) is 6.85. The van der Waals surface area contributed by atoms with Gasteiger partial charge in [-0.2, -0.15) is 0 Å². The van der Waals surface area contributed by atoms with E-state index in [9.17, 15) is 9.90 Å². The number of carbonyl (C=O) groups excluding carboxylic acids is 1. The number of hydrogen-bond donors (Lipinski definition) is 1. The molecule has 1 aliphatic rings. The third-order valence-corrected chi connectivity index (χ3v) is 3.60. The number of morpholine rings is 1. The maximum absolute atomic E-state index is 12.4. The van der Waals surface area contributed by atoms with Gasteiger partial charge in [0, 0.05) is 13.1 Å². The van der Waals surface area contributed by atoms with Crippen LogP contribution in [0.1, 0.15) is 22.8 Å². The van der Waals surface area contributed by atoms with E-state index in [0.717, 1.165) is 0 Å². The van der Waals surface area contributed by atoms with Crippen LogP contribution < -0.4 is 0 Å². The Hall–Kier alpha value is -1.26. The van der Waals surface area contributed by atoms with Gasteiger partial charge in [0.25, 0.3) is 5.91 Å². The average molecular weight is 284 g/mol. The summed E-state index contributed by atoms with van der Waals surface area (Å²) in [6.45, 7) is 4.66. The molecular formula is C14H18ClNO3. The van der Waals surface area contributed by atoms with E-state index in [1.165, 1.54) is 0 Å². The SMILES string of the molecule is Cc1cccc(C(=O)N2CC(C)OC(CCl)C2)c1O.